The molecule has 2 nitrogen and oxygen atoms in total. The summed E-state index contributed by atoms with van der Waals surface area (Å²) in [7, 11) is 0. The third kappa shape index (κ3) is 3.30. The first-order valence-electron chi connectivity index (χ1n) is 5.95. The maximum absolute atomic E-state index is 9.09. The van der Waals surface area contributed by atoms with Gasteiger partial charge in [-0.25, -0.2) is 0 Å². The van der Waals surface area contributed by atoms with E-state index in [1.54, 1.807) is 11.3 Å². The van der Waals surface area contributed by atoms with E-state index in [9.17, 15) is 0 Å². The van der Waals surface area contributed by atoms with Crippen molar-refractivity contribution in [2.45, 2.75) is 52.1 Å². The second kappa shape index (κ2) is 5.80. The van der Waals surface area contributed by atoms with E-state index in [0.29, 0.717) is 6.04 Å². The van der Waals surface area contributed by atoms with Gasteiger partial charge in [0.2, 0.25) is 0 Å². The molecule has 2 N–H and O–H groups in total. The molecule has 92 valence electrons. The molecule has 0 amide bonds. The van der Waals surface area contributed by atoms with Crippen molar-refractivity contribution in [3.63, 3.8) is 0 Å². The molecule has 1 aromatic heterocycles. The number of nitrogens with one attached hydrogen (secondary N) is 1. The molecule has 0 aromatic carbocycles. The minimum Gasteiger partial charge on any atom is -0.396 e. The van der Waals surface area contributed by atoms with E-state index in [1.165, 1.54) is 10.4 Å². The van der Waals surface area contributed by atoms with Crippen molar-refractivity contribution in [1.82, 2.24) is 5.32 Å². The molecule has 0 aliphatic heterocycles. The first-order chi connectivity index (χ1) is 7.52. The molecular weight excluding hydrogens is 218 g/mol. The highest BCUT2D eigenvalue weighted by atomic mass is 32.1. The Kier molecular flexibility index (Phi) is 4.96. The molecule has 2 unspecified atom stereocenters. The molecule has 16 heavy (non-hydrogen) atoms. The Morgan fingerprint density at radius 1 is 1.56 bits per heavy atom. The highest BCUT2D eigenvalue weighted by Crippen LogP contribution is 2.27. The van der Waals surface area contributed by atoms with Crippen LogP contribution in [0.25, 0.3) is 0 Å². The van der Waals surface area contributed by atoms with Gasteiger partial charge in [-0.1, -0.05) is 6.92 Å². The van der Waals surface area contributed by atoms with Gasteiger partial charge in [-0.15, -0.1) is 11.3 Å². The van der Waals surface area contributed by atoms with Crippen LogP contribution < -0.4 is 5.32 Å². The number of aryl methyl sites for hydroxylation is 1. The summed E-state index contributed by atoms with van der Waals surface area (Å²) in [6.07, 6.45) is 1.83. The molecule has 0 aliphatic rings. The van der Waals surface area contributed by atoms with Gasteiger partial charge in [0.1, 0.15) is 0 Å². The van der Waals surface area contributed by atoms with Gasteiger partial charge >= 0.3 is 0 Å². The molecule has 1 rings (SSSR count). The molecule has 0 saturated carbocycles. The van der Waals surface area contributed by atoms with Crippen LogP contribution in [-0.4, -0.2) is 17.3 Å². The van der Waals surface area contributed by atoms with Crippen LogP contribution in [0.3, 0.4) is 0 Å². The molecule has 2 atom stereocenters. The fourth-order valence-corrected chi connectivity index (χ4v) is 2.95. The number of thiophene rings is 1. The Balaban J connectivity index is 2.69. The average molecular weight is 241 g/mol. The Morgan fingerprint density at radius 2 is 2.25 bits per heavy atom. The van der Waals surface area contributed by atoms with E-state index in [0.717, 1.165) is 12.8 Å². The van der Waals surface area contributed by atoms with E-state index >= 15 is 0 Å². The van der Waals surface area contributed by atoms with Crippen molar-refractivity contribution in [3.05, 3.63) is 21.9 Å². The molecular formula is C13H23NOS. The molecule has 1 aromatic rings. The number of aliphatic hydroxyl groups excluding tert-OH is 1. The zero-order valence-corrected chi connectivity index (χ0v) is 11.5. The second-order valence-corrected chi connectivity index (χ2v) is 5.67. The van der Waals surface area contributed by atoms with Crippen molar-refractivity contribution in [1.29, 1.82) is 0 Å². The molecule has 0 fully saturated rings. The summed E-state index contributed by atoms with van der Waals surface area (Å²) in [4.78, 5) is 1.40. The zero-order valence-electron chi connectivity index (χ0n) is 10.7. The van der Waals surface area contributed by atoms with E-state index in [4.69, 9.17) is 5.11 Å². The number of aliphatic hydroxyl groups is 1. The van der Waals surface area contributed by atoms with Crippen LogP contribution in [0.5, 0.6) is 0 Å². The summed E-state index contributed by atoms with van der Waals surface area (Å²) < 4.78 is 0. The van der Waals surface area contributed by atoms with Crippen molar-refractivity contribution in [2.75, 3.05) is 6.61 Å². The smallest absolute Gasteiger partial charge is 0.0448 e. The van der Waals surface area contributed by atoms with Gasteiger partial charge in [-0.3, -0.25) is 0 Å². The van der Waals surface area contributed by atoms with Crippen LogP contribution in [0.4, 0.5) is 0 Å². The predicted octanol–water partition coefficient (Wildman–Crippen LogP) is 3.26. The van der Waals surface area contributed by atoms with Gasteiger partial charge < -0.3 is 10.4 Å². The molecule has 0 bridgehead atoms. The maximum Gasteiger partial charge on any atom is 0.0448 e. The second-order valence-electron chi connectivity index (χ2n) is 4.72. The van der Waals surface area contributed by atoms with E-state index in [-0.39, 0.29) is 12.1 Å². The Hall–Kier alpha value is -0.380. The number of rotatable bonds is 6. The normalized spacial score (nSPS) is 17.1. The van der Waals surface area contributed by atoms with Gasteiger partial charge in [0.05, 0.1) is 0 Å². The first-order valence-corrected chi connectivity index (χ1v) is 6.83. The van der Waals surface area contributed by atoms with Crippen LogP contribution >= 0.6 is 11.3 Å². The highest BCUT2D eigenvalue weighted by Gasteiger charge is 2.24. The van der Waals surface area contributed by atoms with Crippen LogP contribution in [0.15, 0.2) is 11.4 Å². The number of hydrogen-bond acceptors (Lipinski definition) is 3. The van der Waals surface area contributed by atoms with Gasteiger partial charge in [-0.05, 0) is 50.6 Å². The summed E-state index contributed by atoms with van der Waals surface area (Å²) in [5.74, 6) is 0. The van der Waals surface area contributed by atoms with Crippen molar-refractivity contribution in [3.8, 4) is 0 Å². The third-order valence-corrected chi connectivity index (χ3v) is 4.51. The standard InChI is InChI=1S/C13H23NOS/c1-5-13(4,7-8-15)14-11(3)12-10(2)6-9-16-12/h6,9,11,14-15H,5,7-8H2,1-4H3. The molecule has 0 spiro atoms. The van der Waals surface area contributed by atoms with Gasteiger partial charge in [0.15, 0.2) is 0 Å². The molecule has 0 saturated heterocycles. The summed E-state index contributed by atoms with van der Waals surface area (Å²) >= 11 is 1.80. The lowest BCUT2D eigenvalue weighted by atomic mass is 9.93. The quantitative estimate of drug-likeness (QED) is 0.801. The van der Waals surface area contributed by atoms with Gasteiger partial charge in [0.25, 0.3) is 0 Å². The Bertz CT molecular complexity index is 323. The van der Waals surface area contributed by atoms with Crippen molar-refractivity contribution >= 4 is 11.3 Å². The monoisotopic (exact) mass is 241 g/mol. The minimum atomic E-state index is 0.0323. The SMILES string of the molecule is CCC(C)(CCO)NC(C)c1sccc1C. The molecule has 0 aliphatic carbocycles. The van der Waals surface area contributed by atoms with Crippen LogP contribution in [-0.2, 0) is 0 Å². The van der Waals surface area contributed by atoms with E-state index in [2.05, 4.69) is 44.5 Å². The molecule has 1 heterocycles. The fourth-order valence-electron chi connectivity index (χ4n) is 2.01. The predicted molar refractivity (Wildman–Crippen MR) is 71.0 cm³/mol. The average Bonchev–Trinajstić information content (AvgIpc) is 2.65. The lowest BCUT2D eigenvalue weighted by molar-refractivity contribution is 0.205. The lowest BCUT2D eigenvalue weighted by Gasteiger charge is -2.32. The highest BCUT2D eigenvalue weighted by molar-refractivity contribution is 7.10. The Morgan fingerprint density at radius 3 is 2.69 bits per heavy atom. The Labute approximate surface area is 103 Å². The van der Waals surface area contributed by atoms with E-state index < -0.39 is 0 Å². The van der Waals surface area contributed by atoms with Crippen LogP contribution in [0, 0.1) is 6.92 Å². The maximum atomic E-state index is 9.09. The fraction of sp³-hybridized carbons (Fsp3) is 0.692. The summed E-state index contributed by atoms with van der Waals surface area (Å²) in [6.45, 7) is 8.94. The van der Waals surface area contributed by atoms with Crippen LogP contribution in [0.1, 0.15) is 50.1 Å². The topological polar surface area (TPSA) is 32.3 Å². The van der Waals surface area contributed by atoms with Crippen molar-refractivity contribution in [2.24, 2.45) is 0 Å². The molecule has 0 radical (unpaired) electrons. The van der Waals surface area contributed by atoms with Crippen molar-refractivity contribution < 1.29 is 5.11 Å². The third-order valence-electron chi connectivity index (χ3n) is 3.30. The molecule has 3 heteroatoms. The summed E-state index contributed by atoms with van der Waals surface area (Å²) in [5, 5.41) is 14.9. The number of hydrogen-bond donors (Lipinski definition) is 2. The summed E-state index contributed by atoms with van der Waals surface area (Å²) in [6, 6.07) is 2.52. The van der Waals surface area contributed by atoms with E-state index in [1.807, 2.05) is 0 Å². The lowest BCUT2D eigenvalue weighted by Crippen LogP contribution is -2.43. The van der Waals surface area contributed by atoms with Crippen LogP contribution in [0.2, 0.25) is 0 Å². The largest absolute Gasteiger partial charge is 0.396 e. The minimum absolute atomic E-state index is 0.0323. The summed E-state index contributed by atoms with van der Waals surface area (Å²) in [5.41, 5.74) is 1.39. The van der Waals surface area contributed by atoms with Gasteiger partial charge in [0, 0.05) is 23.1 Å². The first kappa shape index (κ1) is 13.7. The zero-order chi connectivity index (χ0) is 12.2. The van der Waals surface area contributed by atoms with Gasteiger partial charge in [-0.2, -0.15) is 0 Å².